The molecule has 1 saturated heterocycles. The van der Waals surface area contributed by atoms with Gasteiger partial charge >= 0.3 is 6.09 Å². The van der Waals surface area contributed by atoms with Gasteiger partial charge in [0.05, 0.1) is 17.9 Å². The zero-order valence-electron chi connectivity index (χ0n) is 17.0. The summed E-state index contributed by atoms with van der Waals surface area (Å²) in [5.74, 6) is -0.153. The predicted molar refractivity (Wildman–Crippen MR) is 112 cm³/mol. The monoisotopic (exact) mass is 396 g/mol. The summed E-state index contributed by atoms with van der Waals surface area (Å²) in [4.78, 5) is 30.2. The molecule has 1 fully saturated rings. The van der Waals surface area contributed by atoms with Gasteiger partial charge in [0, 0.05) is 38.1 Å². The third kappa shape index (κ3) is 5.94. The first-order valence-electron chi connectivity index (χ1n) is 10.0. The first-order valence-corrected chi connectivity index (χ1v) is 10.0. The van der Waals surface area contributed by atoms with Crippen molar-refractivity contribution in [2.45, 2.75) is 39.3 Å². The van der Waals surface area contributed by atoms with E-state index in [1.54, 1.807) is 17.3 Å². The SMILES string of the molecule is CCOC(=O)N1CCC(Nc2cncc(C(=O)NCc3cccc(C)c3)c2)CC1. The zero-order valence-corrected chi connectivity index (χ0v) is 17.0. The van der Waals surface area contributed by atoms with Crippen molar-refractivity contribution < 1.29 is 14.3 Å². The molecule has 1 aromatic heterocycles. The summed E-state index contributed by atoms with van der Waals surface area (Å²) >= 11 is 0. The molecule has 1 aliphatic rings. The maximum Gasteiger partial charge on any atom is 0.409 e. The third-order valence-electron chi connectivity index (χ3n) is 4.93. The summed E-state index contributed by atoms with van der Waals surface area (Å²) in [6.07, 6.45) is 4.68. The summed E-state index contributed by atoms with van der Waals surface area (Å²) in [7, 11) is 0. The minimum absolute atomic E-state index is 0.153. The fourth-order valence-electron chi connectivity index (χ4n) is 3.41. The molecule has 7 nitrogen and oxygen atoms in total. The molecule has 7 heteroatoms. The van der Waals surface area contributed by atoms with Gasteiger partial charge in [-0.05, 0) is 38.3 Å². The number of likely N-dealkylation sites (tertiary alicyclic amines) is 1. The lowest BCUT2D eigenvalue weighted by atomic mass is 10.1. The topological polar surface area (TPSA) is 83.6 Å². The molecule has 2 N–H and O–H groups in total. The Labute approximate surface area is 171 Å². The number of nitrogens with one attached hydrogen (secondary N) is 2. The molecule has 3 rings (SSSR count). The standard InChI is InChI=1S/C22H28N4O3/c1-3-29-22(28)26-9-7-19(8-10-26)25-20-12-18(14-23-15-20)21(27)24-13-17-6-4-5-16(2)11-17/h4-6,11-12,14-15,19,25H,3,7-10,13H2,1-2H3,(H,24,27). The fraction of sp³-hybridized carbons (Fsp3) is 0.409. The number of pyridine rings is 1. The highest BCUT2D eigenvalue weighted by molar-refractivity contribution is 5.94. The average Bonchev–Trinajstić information content (AvgIpc) is 2.73. The van der Waals surface area contributed by atoms with Crippen LogP contribution in [0.4, 0.5) is 10.5 Å². The minimum Gasteiger partial charge on any atom is -0.450 e. The van der Waals surface area contributed by atoms with Crippen LogP contribution in [0.1, 0.15) is 41.3 Å². The van der Waals surface area contributed by atoms with Gasteiger partial charge in [0.25, 0.3) is 5.91 Å². The van der Waals surface area contributed by atoms with Gasteiger partial charge in [-0.25, -0.2) is 4.79 Å². The maximum atomic E-state index is 12.5. The first-order chi connectivity index (χ1) is 14.0. The van der Waals surface area contributed by atoms with Crippen LogP contribution in [0.5, 0.6) is 0 Å². The number of aromatic nitrogens is 1. The van der Waals surface area contributed by atoms with Crippen LogP contribution < -0.4 is 10.6 Å². The third-order valence-corrected chi connectivity index (χ3v) is 4.93. The van der Waals surface area contributed by atoms with Crippen molar-refractivity contribution in [2.24, 2.45) is 0 Å². The van der Waals surface area contributed by atoms with E-state index >= 15 is 0 Å². The van der Waals surface area contributed by atoms with Crippen LogP contribution >= 0.6 is 0 Å². The maximum absolute atomic E-state index is 12.5. The van der Waals surface area contributed by atoms with Crippen molar-refractivity contribution in [3.05, 3.63) is 59.4 Å². The Bertz CT molecular complexity index is 847. The Kier molecular flexibility index (Phi) is 7.05. The first kappa shape index (κ1) is 20.6. The summed E-state index contributed by atoms with van der Waals surface area (Å²) in [6, 6.07) is 10.1. The molecule has 2 heterocycles. The second-order valence-corrected chi connectivity index (χ2v) is 7.24. The molecule has 0 radical (unpaired) electrons. The van der Waals surface area contributed by atoms with Crippen molar-refractivity contribution in [2.75, 3.05) is 25.0 Å². The number of piperidine rings is 1. The number of amides is 2. The smallest absolute Gasteiger partial charge is 0.409 e. The van der Waals surface area contributed by atoms with Crippen LogP contribution in [-0.4, -0.2) is 47.6 Å². The van der Waals surface area contributed by atoms with E-state index in [1.807, 2.05) is 38.1 Å². The predicted octanol–water partition coefficient (Wildman–Crippen LogP) is 3.35. The van der Waals surface area contributed by atoms with Crippen molar-refractivity contribution in [3.8, 4) is 0 Å². The molecule has 0 spiro atoms. The summed E-state index contributed by atoms with van der Waals surface area (Å²) in [6.45, 7) is 6.01. The Morgan fingerprint density at radius 3 is 2.72 bits per heavy atom. The van der Waals surface area contributed by atoms with Crippen LogP contribution in [0.25, 0.3) is 0 Å². The lowest BCUT2D eigenvalue weighted by Crippen LogP contribution is -2.42. The molecule has 0 bridgehead atoms. The largest absolute Gasteiger partial charge is 0.450 e. The van der Waals surface area contributed by atoms with Gasteiger partial charge < -0.3 is 20.3 Å². The number of rotatable bonds is 6. The van der Waals surface area contributed by atoms with Gasteiger partial charge in [-0.3, -0.25) is 9.78 Å². The Morgan fingerprint density at radius 2 is 2.00 bits per heavy atom. The van der Waals surface area contributed by atoms with Gasteiger partial charge in [-0.1, -0.05) is 29.8 Å². The Hall–Kier alpha value is -3.09. The summed E-state index contributed by atoms with van der Waals surface area (Å²) in [5, 5.41) is 6.37. The number of carbonyl (C=O) groups is 2. The molecule has 2 amide bonds. The van der Waals surface area contributed by atoms with Gasteiger partial charge in [-0.2, -0.15) is 0 Å². The fourth-order valence-corrected chi connectivity index (χ4v) is 3.41. The molecular formula is C22H28N4O3. The van der Waals surface area contributed by atoms with E-state index in [0.29, 0.717) is 31.8 Å². The Balaban J connectivity index is 1.52. The van der Waals surface area contributed by atoms with Crippen LogP contribution in [-0.2, 0) is 11.3 Å². The molecule has 0 unspecified atom stereocenters. The van der Waals surface area contributed by atoms with E-state index in [-0.39, 0.29) is 18.0 Å². The van der Waals surface area contributed by atoms with Crippen molar-refractivity contribution >= 4 is 17.7 Å². The molecular weight excluding hydrogens is 368 g/mol. The number of hydrogen-bond donors (Lipinski definition) is 2. The number of carbonyl (C=O) groups excluding carboxylic acids is 2. The zero-order chi connectivity index (χ0) is 20.6. The van der Waals surface area contributed by atoms with Gasteiger partial charge in [0.15, 0.2) is 0 Å². The number of hydrogen-bond acceptors (Lipinski definition) is 5. The second kappa shape index (κ2) is 9.91. The second-order valence-electron chi connectivity index (χ2n) is 7.24. The molecule has 29 heavy (non-hydrogen) atoms. The van der Waals surface area contributed by atoms with Crippen molar-refractivity contribution in [3.63, 3.8) is 0 Å². The summed E-state index contributed by atoms with van der Waals surface area (Å²) < 4.78 is 5.05. The van der Waals surface area contributed by atoms with Gasteiger partial charge in [0.1, 0.15) is 0 Å². The average molecular weight is 396 g/mol. The van der Waals surface area contributed by atoms with E-state index < -0.39 is 0 Å². The molecule has 0 aliphatic carbocycles. The number of benzene rings is 1. The highest BCUT2D eigenvalue weighted by atomic mass is 16.6. The van der Waals surface area contributed by atoms with E-state index in [0.717, 1.165) is 24.1 Å². The Morgan fingerprint density at radius 1 is 1.21 bits per heavy atom. The number of ether oxygens (including phenoxy) is 1. The van der Waals surface area contributed by atoms with Crippen LogP contribution in [0.15, 0.2) is 42.7 Å². The van der Waals surface area contributed by atoms with Gasteiger partial charge in [-0.15, -0.1) is 0 Å². The number of nitrogens with zero attached hydrogens (tertiary/aromatic N) is 2. The number of aryl methyl sites for hydroxylation is 1. The molecule has 1 aliphatic heterocycles. The van der Waals surface area contributed by atoms with Crippen LogP contribution in [0.3, 0.4) is 0 Å². The van der Waals surface area contributed by atoms with E-state index in [1.165, 1.54) is 5.56 Å². The molecule has 154 valence electrons. The van der Waals surface area contributed by atoms with Crippen molar-refractivity contribution in [1.29, 1.82) is 0 Å². The van der Waals surface area contributed by atoms with E-state index in [2.05, 4.69) is 21.7 Å². The van der Waals surface area contributed by atoms with Crippen LogP contribution in [0, 0.1) is 6.92 Å². The van der Waals surface area contributed by atoms with Crippen molar-refractivity contribution in [1.82, 2.24) is 15.2 Å². The lowest BCUT2D eigenvalue weighted by molar-refractivity contribution is 0.0948. The molecule has 0 saturated carbocycles. The molecule has 0 atom stereocenters. The minimum atomic E-state index is -0.250. The molecule has 1 aromatic carbocycles. The highest BCUT2D eigenvalue weighted by Crippen LogP contribution is 2.18. The lowest BCUT2D eigenvalue weighted by Gasteiger charge is -2.32. The van der Waals surface area contributed by atoms with E-state index in [9.17, 15) is 9.59 Å². The normalized spacial score (nSPS) is 14.3. The number of anilines is 1. The van der Waals surface area contributed by atoms with Gasteiger partial charge in [0.2, 0.25) is 0 Å². The summed E-state index contributed by atoms with van der Waals surface area (Å²) in [5.41, 5.74) is 3.56. The van der Waals surface area contributed by atoms with Crippen LogP contribution in [0.2, 0.25) is 0 Å². The quantitative estimate of drug-likeness (QED) is 0.782. The molecule has 2 aromatic rings. The highest BCUT2D eigenvalue weighted by Gasteiger charge is 2.23. The van der Waals surface area contributed by atoms with E-state index in [4.69, 9.17) is 4.74 Å².